The maximum atomic E-state index is 13.2. The van der Waals surface area contributed by atoms with Crippen molar-refractivity contribution in [3.63, 3.8) is 0 Å². The van der Waals surface area contributed by atoms with Crippen molar-refractivity contribution in [2.75, 3.05) is 38.2 Å². The molecular formula is C38H44N6O5. The molecule has 1 saturated heterocycles. The molecule has 0 bridgehead atoms. The molecule has 11 nitrogen and oxygen atoms in total. The zero-order valence-corrected chi connectivity index (χ0v) is 28.1. The Labute approximate surface area is 285 Å². The lowest BCUT2D eigenvalue weighted by Crippen LogP contribution is -2.27. The lowest BCUT2D eigenvalue weighted by Gasteiger charge is -2.24. The van der Waals surface area contributed by atoms with Crippen LogP contribution in [-0.4, -0.2) is 85.7 Å². The summed E-state index contributed by atoms with van der Waals surface area (Å²) in [6.45, 7) is 9.50. The van der Waals surface area contributed by atoms with Crippen molar-refractivity contribution in [2.24, 2.45) is 0 Å². The predicted octanol–water partition coefficient (Wildman–Crippen LogP) is 4.94. The Kier molecular flexibility index (Phi) is 10.8. The zero-order chi connectivity index (χ0) is 34.3. The normalized spacial score (nSPS) is 18.9. The van der Waals surface area contributed by atoms with Crippen molar-refractivity contribution >= 4 is 28.3 Å². The van der Waals surface area contributed by atoms with E-state index in [2.05, 4.69) is 70.4 Å². The van der Waals surface area contributed by atoms with Gasteiger partial charge in [0.25, 0.3) is 5.56 Å². The van der Waals surface area contributed by atoms with Crippen molar-refractivity contribution in [3.05, 3.63) is 118 Å². The van der Waals surface area contributed by atoms with E-state index in [4.69, 9.17) is 14.5 Å². The monoisotopic (exact) mass is 664 g/mol. The number of aliphatic hydroxyl groups excluding tert-OH is 2. The van der Waals surface area contributed by atoms with Gasteiger partial charge in [-0.1, -0.05) is 86.6 Å². The van der Waals surface area contributed by atoms with Crippen molar-refractivity contribution in [3.8, 4) is 5.75 Å². The topological polar surface area (TPSA) is 138 Å². The number of imidazole rings is 1. The van der Waals surface area contributed by atoms with E-state index in [0.717, 1.165) is 53.2 Å². The van der Waals surface area contributed by atoms with Crippen LogP contribution in [0.5, 0.6) is 5.75 Å². The molecule has 1 aliphatic heterocycles. The van der Waals surface area contributed by atoms with Crippen LogP contribution in [0, 0.1) is 0 Å². The summed E-state index contributed by atoms with van der Waals surface area (Å²) in [6.07, 6.45) is -0.451. The summed E-state index contributed by atoms with van der Waals surface area (Å²) in [5, 5.41) is 23.4. The van der Waals surface area contributed by atoms with Crippen LogP contribution >= 0.6 is 0 Å². The van der Waals surface area contributed by atoms with E-state index in [1.807, 2.05) is 55.5 Å². The van der Waals surface area contributed by atoms with Crippen molar-refractivity contribution in [1.29, 1.82) is 0 Å². The Morgan fingerprint density at radius 3 is 2.31 bits per heavy atom. The number of aromatic amines is 1. The summed E-state index contributed by atoms with van der Waals surface area (Å²) in [4.78, 5) is 27.5. The van der Waals surface area contributed by atoms with Crippen molar-refractivity contribution < 1.29 is 19.7 Å². The van der Waals surface area contributed by atoms with Crippen LogP contribution in [0.1, 0.15) is 50.1 Å². The molecule has 256 valence electrons. The minimum Gasteiger partial charge on any atom is -0.492 e. The Morgan fingerprint density at radius 1 is 1.02 bits per heavy atom. The quantitative estimate of drug-likeness (QED) is 0.122. The standard InChI is InChI=1S/C38H44N6O5/c1-4-43(5-2)20-21-48-29-18-16-28(17-19-29)34(27-14-10-7-11-15-27)33(26-12-8-6-9-13-26)25(3)40-38-41-36-35(37(47)42-38)39-24-44(36)32-22-30(46)31(23-45)49-32/h6-19,24-25,30-32,45-46H,4-5,20-23H2,1-3H3,(H2,40,41,42,47)/b34-33-/t25?,30-,31+,32+/m0/s1. The van der Waals surface area contributed by atoms with Gasteiger partial charge in [0.2, 0.25) is 5.95 Å². The van der Waals surface area contributed by atoms with E-state index in [-0.39, 0.29) is 30.5 Å². The van der Waals surface area contributed by atoms with Crippen LogP contribution in [0.3, 0.4) is 0 Å². The van der Waals surface area contributed by atoms with E-state index in [1.165, 1.54) is 6.33 Å². The average molecular weight is 665 g/mol. The summed E-state index contributed by atoms with van der Waals surface area (Å²) in [7, 11) is 0. The van der Waals surface area contributed by atoms with E-state index in [9.17, 15) is 15.0 Å². The fourth-order valence-corrected chi connectivity index (χ4v) is 6.39. The van der Waals surface area contributed by atoms with Gasteiger partial charge in [-0.15, -0.1) is 0 Å². The third kappa shape index (κ3) is 7.60. The number of ether oxygens (including phenoxy) is 2. The largest absolute Gasteiger partial charge is 0.492 e. The van der Waals surface area contributed by atoms with Gasteiger partial charge in [-0.2, -0.15) is 4.98 Å². The molecule has 49 heavy (non-hydrogen) atoms. The van der Waals surface area contributed by atoms with Crippen LogP contribution in [0.15, 0.2) is 96.1 Å². The number of hydrogen-bond acceptors (Lipinski definition) is 9. The fraction of sp³-hybridized carbons (Fsp3) is 0.342. The molecule has 3 heterocycles. The first-order valence-corrected chi connectivity index (χ1v) is 16.9. The summed E-state index contributed by atoms with van der Waals surface area (Å²) in [5.74, 6) is 1.08. The maximum Gasteiger partial charge on any atom is 0.280 e. The number of aromatic nitrogens is 4. The van der Waals surface area contributed by atoms with Crippen LogP contribution < -0.4 is 15.6 Å². The third-order valence-electron chi connectivity index (χ3n) is 9.04. The van der Waals surface area contributed by atoms with Crippen LogP contribution in [0.4, 0.5) is 5.95 Å². The number of benzene rings is 3. The Morgan fingerprint density at radius 2 is 1.67 bits per heavy atom. The minimum atomic E-state index is -0.838. The first kappa shape index (κ1) is 34.1. The number of anilines is 1. The molecule has 0 saturated carbocycles. The highest BCUT2D eigenvalue weighted by atomic mass is 16.5. The molecule has 6 rings (SSSR count). The van der Waals surface area contributed by atoms with Gasteiger partial charge >= 0.3 is 0 Å². The first-order chi connectivity index (χ1) is 23.9. The van der Waals surface area contributed by atoms with Crippen molar-refractivity contribution in [1.82, 2.24) is 24.4 Å². The highest BCUT2D eigenvalue weighted by Gasteiger charge is 2.35. The van der Waals surface area contributed by atoms with Gasteiger partial charge in [0.15, 0.2) is 11.2 Å². The average Bonchev–Trinajstić information content (AvgIpc) is 3.73. The van der Waals surface area contributed by atoms with E-state index in [1.54, 1.807) is 4.57 Å². The zero-order valence-electron chi connectivity index (χ0n) is 28.1. The molecule has 1 aliphatic rings. The van der Waals surface area contributed by atoms with Crippen LogP contribution in [-0.2, 0) is 4.74 Å². The molecule has 4 atom stereocenters. The van der Waals surface area contributed by atoms with Gasteiger partial charge in [-0.25, -0.2) is 4.98 Å². The molecule has 0 aliphatic carbocycles. The molecule has 0 amide bonds. The molecule has 3 aromatic carbocycles. The minimum absolute atomic E-state index is 0.159. The van der Waals surface area contributed by atoms with Gasteiger partial charge in [0.1, 0.15) is 24.7 Å². The second-order valence-corrected chi connectivity index (χ2v) is 12.1. The molecular weight excluding hydrogens is 620 g/mol. The Balaban J connectivity index is 1.38. The number of fused-ring (bicyclic) bond motifs is 1. The summed E-state index contributed by atoms with van der Waals surface area (Å²) in [5.41, 5.74) is 5.17. The second kappa shape index (κ2) is 15.6. The van der Waals surface area contributed by atoms with E-state index >= 15 is 0 Å². The lowest BCUT2D eigenvalue weighted by atomic mass is 9.86. The Hall–Kier alpha value is -4.81. The van der Waals surface area contributed by atoms with Gasteiger partial charge < -0.3 is 29.9 Å². The second-order valence-electron chi connectivity index (χ2n) is 12.1. The highest BCUT2D eigenvalue weighted by Crippen LogP contribution is 2.36. The summed E-state index contributed by atoms with van der Waals surface area (Å²) in [6, 6.07) is 28.3. The number of likely N-dealkylation sites (N-methyl/N-ethyl adjacent to an activating group) is 1. The van der Waals surface area contributed by atoms with Crippen LogP contribution in [0.2, 0.25) is 0 Å². The van der Waals surface area contributed by atoms with Gasteiger partial charge in [0.05, 0.1) is 25.1 Å². The summed E-state index contributed by atoms with van der Waals surface area (Å²) >= 11 is 0. The number of rotatable bonds is 14. The molecule has 1 fully saturated rings. The number of H-pyrrole nitrogens is 1. The molecule has 4 N–H and O–H groups in total. The Bertz CT molecular complexity index is 1900. The third-order valence-corrected chi connectivity index (χ3v) is 9.04. The maximum absolute atomic E-state index is 13.2. The number of nitrogens with zero attached hydrogens (tertiary/aromatic N) is 4. The molecule has 0 radical (unpaired) electrons. The number of aliphatic hydroxyl groups is 2. The number of hydrogen-bond donors (Lipinski definition) is 4. The summed E-state index contributed by atoms with van der Waals surface area (Å²) < 4.78 is 13.6. The van der Waals surface area contributed by atoms with Crippen LogP contribution in [0.25, 0.3) is 22.3 Å². The molecule has 2 aromatic heterocycles. The predicted molar refractivity (Wildman–Crippen MR) is 191 cm³/mol. The van der Waals surface area contributed by atoms with Gasteiger partial charge in [-0.3, -0.25) is 14.3 Å². The lowest BCUT2D eigenvalue weighted by molar-refractivity contribution is -0.0432. The van der Waals surface area contributed by atoms with Gasteiger partial charge in [0, 0.05) is 13.0 Å². The highest BCUT2D eigenvalue weighted by molar-refractivity contribution is 6.00. The van der Waals surface area contributed by atoms with E-state index < -0.39 is 24.0 Å². The molecule has 5 aromatic rings. The molecule has 0 spiro atoms. The first-order valence-electron chi connectivity index (χ1n) is 16.9. The fourth-order valence-electron chi connectivity index (χ4n) is 6.39. The smallest absolute Gasteiger partial charge is 0.280 e. The molecule has 11 heteroatoms. The number of nitrogens with one attached hydrogen (secondary N) is 2. The SMILES string of the molecule is CCN(CC)CCOc1ccc(/C(=C(\c2ccccc2)C(C)Nc2nc3c(ncn3[C@H]3C[C@H](O)[C@@H](CO)O3)c(=O)[nH]2)c2ccccc2)cc1. The molecule has 1 unspecified atom stereocenters. The van der Waals surface area contributed by atoms with E-state index in [0.29, 0.717) is 12.3 Å². The van der Waals surface area contributed by atoms with Crippen molar-refractivity contribution in [2.45, 2.75) is 51.7 Å². The van der Waals surface area contributed by atoms with Gasteiger partial charge in [-0.05, 0) is 60.0 Å².